The Morgan fingerprint density at radius 3 is 2.81 bits per heavy atom. The Balaban J connectivity index is 2.29. The zero-order valence-electron chi connectivity index (χ0n) is 12.3. The molecule has 0 aromatic heterocycles. The van der Waals surface area contributed by atoms with Crippen molar-refractivity contribution in [3.63, 3.8) is 0 Å². The van der Waals surface area contributed by atoms with Gasteiger partial charge in [-0.05, 0) is 43.3 Å². The van der Waals surface area contributed by atoms with Gasteiger partial charge in [0, 0.05) is 23.9 Å². The zero-order valence-corrected chi connectivity index (χ0v) is 13.9. The van der Waals surface area contributed by atoms with Gasteiger partial charge >= 0.3 is 0 Å². The highest BCUT2D eigenvalue weighted by Crippen LogP contribution is 2.23. The van der Waals surface area contributed by atoms with Crippen molar-refractivity contribution >= 4 is 21.8 Å². The third kappa shape index (κ3) is 4.18. The van der Waals surface area contributed by atoms with Crippen LogP contribution in [0, 0.1) is 12.7 Å². The minimum atomic E-state index is -3.68. The van der Waals surface area contributed by atoms with E-state index in [4.69, 9.17) is 0 Å². The van der Waals surface area contributed by atoms with Crippen LogP contribution >= 0.6 is 11.8 Å². The van der Waals surface area contributed by atoms with E-state index in [0.717, 1.165) is 24.5 Å². The number of sulfonamides is 1. The first-order valence-corrected chi connectivity index (χ1v) is 9.67. The lowest BCUT2D eigenvalue weighted by atomic mass is 10.1. The topological polar surface area (TPSA) is 58.2 Å². The lowest BCUT2D eigenvalue weighted by Crippen LogP contribution is -2.35. The fraction of sp³-hybridized carbons (Fsp3) is 0.571. The van der Waals surface area contributed by atoms with Crippen molar-refractivity contribution in [2.45, 2.75) is 37.8 Å². The van der Waals surface area contributed by atoms with E-state index in [1.807, 2.05) is 6.92 Å². The van der Waals surface area contributed by atoms with Gasteiger partial charge in [-0.15, -0.1) is 0 Å². The molecule has 1 aromatic carbocycles. The number of benzene rings is 1. The van der Waals surface area contributed by atoms with Crippen LogP contribution < -0.4 is 10.0 Å². The molecule has 0 spiro atoms. The van der Waals surface area contributed by atoms with Gasteiger partial charge in [0.25, 0.3) is 0 Å². The van der Waals surface area contributed by atoms with Crippen LogP contribution in [0.15, 0.2) is 17.0 Å². The van der Waals surface area contributed by atoms with Crippen LogP contribution in [0.25, 0.3) is 0 Å². The van der Waals surface area contributed by atoms with Gasteiger partial charge < -0.3 is 5.32 Å². The molecular formula is C14H21FN2O2S2. The summed E-state index contributed by atoms with van der Waals surface area (Å²) in [6.45, 7) is 4.65. The van der Waals surface area contributed by atoms with E-state index in [0.29, 0.717) is 12.1 Å². The van der Waals surface area contributed by atoms with Crippen molar-refractivity contribution in [2.24, 2.45) is 0 Å². The van der Waals surface area contributed by atoms with Crippen molar-refractivity contribution in [3.8, 4) is 0 Å². The summed E-state index contributed by atoms with van der Waals surface area (Å²) in [7, 11) is -3.68. The number of halogens is 1. The summed E-state index contributed by atoms with van der Waals surface area (Å²) in [6.07, 6.45) is 0.822. The van der Waals surface area contributed by atoms with Crippen molar-refractivity contribution in [1.29, 1.82) is 0 Å². The maximum atomic E-state index is 14.0. The smallest absolute Gasteiger partial charge is 0.241 e. The van der Waals surface area contributed by atoms with E-state index in [9.17, 15) is 12.8 Å². The van der Waals surface area contributed by atoms with Gasteiger partial charge in [-0.25, -0.2) is 17.5 Å². The van der Waals surface area contributed by atoms with E-state index in [-0.39, 0.29) is 16.5 Å². The minimum Gasteiger partial charge on any atom is -0.313 e. The van der Waals surface area contributed by atoms with Gasteiger partial charge in [-0.3, -0.25) is 0 Å². The molecule has 4 nitrogen and oxygen atoms in total. The Morgan fingerprint density at radius 2 is 2.19 bits per heavy atom. The Labute approximate surface area is 129 Å². The summed E-state index contributed by atoms with van der Waals surface area (Å²) >= 11 is 1.73. The molecule has 118 valence electrons. The normalized spacial score (nSPS) is 19.1. The maximum absolute atomic E-state index is 14.0. The van der Waals surface area contributed by atoms with Gasteiger partial charge in [-0.2, -0.15) is 11.8 Å². The van der Waals surface area contributed by atoms with Crippen LogP contribution in [0.4, 0.5) is 4.39 Å². The molecule has 0 amide bonds. The molecular weight excluding hydrogens is 311 g/mol. The second kappa shape index (κ2) is 7.09. The van der Waals surface area contributed by atoms with Crippen molar-refractivity contribution < 1.29 is 12.8 Å². The second-order valence-corrected chi connectivity index (χ2v) is 8.00. The summed E-state index contributed by atoms with van der Waals surface area (Å²) in [5.41, 5.74) is 0.814. The Bertz CT molecular complexity index is 599. The summed E-state index contributed by atoms with van der Waals surface area (Å²) < 4.78 is 41.6. The molecule has 1 fully saturated rings. The Hall–Kier alpha value is -0.630. The predicted octanol–water partition coefficient (Wildman–Crippen LogP) is 2.03. The first-order chi connectivity index (χ1) is 9.94. The third-order valence-corrected chi connectivity index (χ3v) is 6.29. The van der Waals surface area contributed by atoms with Crippen molar-refractivity contribution in [3.05, 3.63) is 29.1 Å². The molecule has 1 atom stereocenters. The number of hydrogen-bond acceptors (Lipinski definition) is 4. The van der Waals surface area contributed by atoms with Gasteiger partial charge in [0.1, 0.15) is 5.82 Å². The fourth-order valence-electron chi connectivity index (χ4n) is 2.27. The van der Waals surface area contributed by atoms with Crippen LogP contribution in [0.5, 0.6) is 0 Å². The Kier molecular flexibility index (Phi) is 5.65. The minimum absolute atomic E-state index is 0.0484. The zero-order chi connectivity index (χ0) is 15.5. The highest BCUT2D eigenvalue weighted by molar-refractivity contribution is 7.99. The lowest BCUT2D eigenvalue weighted by Gasteiger charge is -2.15. The average Bonchev–Trinajstić information content (AvgIpc) is 2.91. The van der Waals surface area contributed by atoms with Gasteiger partial charge in [-0.1, -0.05) is 6.92 Å². The molecule has 0 saturated carbocycles. The molecule has 1 aromatic rings. The van der Waals surface area contributed by atoms with E-state index in [1.54, 1.807) is 17.8 Å². The molecule has 0 radical (unpaired) electrons. The first kappa shape index (κ1) is 16.7. The molecule has 0 aliphatic carbocycles. The van der Waals surface area contributed by atoms with E-state index >= 15 is 0 Å². The second-order valence-electron chi connectivity index (χ2n) is 5.16. The van der Waals surface area contributed by atoms with Gasteiger partial charge in [0.2, 0.25) is 10.0 Å². The monoisotopic (exact) mass is 332 g/mol. The molecule has 1 heterocycles. The number of hydrogen-bond donors (Lipinski definition) is 2. The summed E-state index contributed by atoms with van der Waals surface area (Å²) in [4.78, 5) is 0.0484. The summed E-state index contributed by atoms with van der Waals surface area (Å²) in [6, 6.07) is 2.90. The van der Waals surface area contributed by atoms with Crippen LogP contribution in [0.1, 0.15) is 24.5 Å². The number of rotatable bonds is 6. The summed E-state index contributed by atoms with van der Waals surface area (Å²) in [5.74, 6) is 1.25. The quantitative estimate of drug-likeness (QED) is 0.837. The SMILES string of the molecule is CCNCc1cc(F)c(C)c(S(=O)(=O)NC2CCSC2)c1. The highest BCUT2D eigenvalue weighted by Gasteiger charge is 2.25. The van der Waals surface area contributed by atoms with Crippen molar-refractivity contribution in [2.75, 3.05) is 18.1 Å². The lowest BCUT2D eigenvalue weighted by molar-refractivity contribution is 0.557. The highest BCUT2D eigenvalue weighted by atomic mass is 32.2. The van der Waals surface area contributed by atoms with Gasteiger partial charge in [0.05, 0.1) is 4.90 Å². The van der Waals surface area contributed by atoms with Crippen LogP contribution in [-0.4, -0.2) is 32.5 Å². The van der Waals surface area contributed by atoms with E-state index in [1.165, 1.54) is 13.0 Å². The number of thioether (sulfide) groups is 1. The van der Waals surface area contributed by atoms with E-state index in [2.05, 4.69) is 10.0 Å². The molecule has 2 N–H and O–H groups in total. The molecule has 7 heteroatoms. The van der Waals surface area contributed by atoms with Crippen LogP contribution in [0.2, 0.25) is 0 Å². The molecule has 2 rings (SSSR count). The fourth-order valence-corrected chi connectivity index (χ4v) is 5.10. The first-order valence-electron chi connectivity index (χ1n) is 7.04. The predicted molar refractivity (Wildman–Crippen MR) is 84.6 cm³/mol. The van der Waals surface area contributed by atoms with Crippen LogP contribution in [-0.2, 0) is 16.6 Å². The standard InChI is InChI=1S/C14H21FN2O2S2/c1-3-16-8-11-6-13(15)10(2)14(7-11)21(18,19)17-12-4-5-20-9-12/h6-7,12,16-17H,3-5,8-9H2,1-2H3. The summed E-state index contributed by atoms with van der Waals surface area (Å²) in [5, 5.41) is 3.08. The molecule has 1 aliphatic rings. The van der Waals surface area contributed by atoms with E-state index < -0.39 is 15.8 Å². The Morgan fingerprint density at radius 1 is 1.43 bits per heavy atom. The third-order valence-electron chi connectivity index (χ3n) is 3.48. The van der Waals surface area contributed by atoms with Gasteiger partial charge in [0.15, 0.2) is 0 Å². The molecule has 0 bridgehead atoms. The molecule has 1 saturated heterocycles. The molecule has 1 aliphatic heterocycles. The van der Waals surface area contributed by atoms with Crippen LogP contribution in [0.3, 0.4) is 0 Å². The van der Waals surface area contributed by atoms with Crippen molar-refractivity contribution in [1.82, 2.24) is 10.0 Å². The molecule has 1 unspecified atom stereocenters. The average molecular weight is 332 g/mol. The maximum Gasteiger partial charge on any atom is 0.241 e. The largest absolute Gasteiger partial charge is 0.313 e. The molecule has 21 heavy (non-hydrogen) atoms. The number of nitrogens with one attached hydrogen (secondary N) is 2.